The molecule has 1 heterocycles. The number of hydrogen-bond donors (Lipinski definition) is 1. The number of benzene rings is 1. The van der Waals surface area contributed by atoms with Crippen molar-refractivity contribution in [3.05, 3.63) is 47.3 Å². The molecule has 0 aliphatic heterocycles. The fourth-order valence-corrected chi connectivity index (χ4v) is 2.99. The summed E-state index contributed by atoms with van der Waals surface area (Å²) in [7, 11) is 1.70. The highest BCUT2D eigenvalue weighted by atomic mass is 15.1. The Hall–Kier alpha value is -2.36. The molecule has 0 saturated heterocycles. The molecule has 0 amide bonds. The van der Waals surface area contributed by atoms with Gasteiger partial charge in [-0.05, 0) is 43.7 Å². The molecule has 1 aliphatic carbocycles. The zero-order valence-electron chi connectivity index (χ0n) is 11.6. The largest absolute Gasteiger partial charge is 0.382 e. The average molecular weight is 266 g/mol. The van der Waals surface area contributed by atoms with Crippen LogP contribution in [0.25, 0.3) is 5.69 Å². The Bertz CT molecular complexity index is 680. The van der Waals surface area contributed by atoms with E-state index in [4.69, 9.17) is 5.73 Å². The van der Waals surface area contributed by atoms with E-state index in [0.29, 0.717) is 5.84 Å². The highest BCUT2D eigenvalue weighted by molar-refractivity contribution is 6.02. The molecular formula is C16H18N4. The van der Waals surface area contributed by atoms with Crippen molar-refractivity contribution in [2.45, 2.75) is 19.3 Å². The van der Waals surface area contributed by atoms with Gasteiger partial charge in [0.2, 0.25) is 0 Å². The summed E-state index contributed by atoms with van der Waals surface area (Å²) in [5, 5.41) is 0. The normalized spacial score (nSPS) is 14.3. The van der Waals surface area contributed by atoms with Crippen LogP contribution in [-0.2, 0) is 12.8 Å². The zero-order valence-corrected chi connectivity index (χ0v) is 11.6. The van der Waals surface area contributed by atoms with E-state index in [2.05, 4.69) is 33.4 Å². The van der Waals surface area contributed by atoms with Crippen LogP contribution in [0.3, 0.4) is 0 Å². The third-order valence-electron chi connectivity index (χ3n) is 3.85. The number of rotatable bonds is 3. The minimum atomic E-state index is 0.505. The molecule has 1 aliphatic rings. The first kappa shape index (κ1) is 12.7. The molecule has 3 rings (SSSR count). The first-order chi connectivity index (χ1) is 9.77. The Labute approximate surface area is 118 Å². The van der Waals surface area contributed by atoms with Gasteiger partial charge in [-0.2, -0.15) is 0 Å². The van der Waals surface area contributed by atoms with Gasteiger partial charge in [-0.25, -0.2) is 0 Å². The summed E-state index contributed by atoms with van der Waals surface area (Å²) in [5.74, 6) is 0.505. The fraction of sp³-hybridized carbons (Fsp3) is 0.250. The molecule has 0 radical (unpaired) electrons. The molecule has 1 aromatic carbocycles. The van der Waals surface area contributed by atoms with Crippen LogP contribution in [0.5, 0.6) is 0 Å². The molecule has 102 valence electrons. The van der Waals surface area contributed by atoms with Crippen molar-refractivity contribution >= 4 is 18.2 Å². The van der Waals surface area contributed by atoms with Gasteiger partial charge in [0, 0.05) is 18.4 Å². The van der Waals surface area contributed by atoms with Crippen LogP contribution in [0.4, 0.5) is 5.69 Å². The van der Waals surface area contributed by atoms with Crippen molar-refractivity contribution in [3.63, 3.8) is 0 Å². The Kier molecular flexibility index (Phi) is 3.14. The van der Waals surface area contributed by atoms with Gasteiger partial charge in [0.05, 0.1) is 5.69 Å². The quantitative estimate of drug-likeness (QED) is 0.674. The maximum absolute atomic E-state index is 6.11. The Morgan fingerprint density at radius 1 is 1.25 bits per heavy atom. The monoisotopic (exact) mass is 266 g/mol. The van der Waals surface area contributed by atoms with E-state index >= 15 is 0 Å². The van der Waals surface area contributed by atoms with Crippen LogP contribution in [0.2, 0.25) is 0 Å². The molecule has 0 atom stereocenters. The Balaban J connectivity index is 2.35. The second-order valence-electron chi connectivity index (χ2n) is 4.91. The SMILES string of the molecule is C=Nc1c2c(n(-c3ccccc3)c1C(N)=NC)CCC2. The number of para-hydroxylation sites is 1. The van der Waals surface area contributed by atoms with Crippen LogP contribution in [0, 0.1) is 0 Å². The van der Waals surface area contributed by atoms with Gasteiger partial charge in [-0.3, -0.25) is 9.98 Å². The lowest BCUT2D eigenvalue weighted by Gasteiger charge is -2.12. The first-order valence-electron chi connectivity index (χ1n) is 6.79. The van der Waals surface area contributed by atoms with Crippen molar-refractivity contribution in [1.29, 1.82) is 0 Å². The van der Waals surface area contributed by atoms with Gasteiger partial charge in [0.15, 0.2) is 0 Å². The first-order valence-corrected chi connectivity index (χ1v) is 6.79. The van der Waals surface area contributed by atoms with E-state index < -0.39 is 0 Å². The summed E-state index contributed by atoms with van der Waals surface area (Å²) in [6.45, 7) is 3.72. The van der Waals surface area contributed by atoms with Gasteiger partial charge in [-0.15, -0.1) is 0 Å². The molecule has 0 spiro atoms. The molecular weight excluding hydrogens is 248 g/mol. The average Bonchev–Trinajstić information content (AvgIpc) is 3.06. The standard InChI is InChI=1S/C16H18N4/c1-18-14-12-9-6-10-13(12)20(15(14)16(17)19-2)11-7-4-3-5-8-11/h3-5,7-8H,1,6,9-10H2,2H3,(H2,17,19). The third kappa shape index (κ3) is 1.76. The zero-order chi connectivity index (χ0) is 14.1. The third-order valence-corrected chi connectivity index (χ3v) is 3.85. The molecule has 2 aromatic rings. The van der Waals surface area contributed by atoms with E-state index in [1.165, 1.54) is 11.3 Å². The lowest BCUT2D eigenvalue weighted by molar-refractivity contribution is 0.857. The molecule has 4 nitrogen and oxygen atoms in total. The number of amidine groups is 1. The van der Waals surface area contributed by atoms with Crippen molar-refractivity contribution in [1.82, 2.24) is 4.57 Å². The van der Waals surface area contributed by atoms with E-state index in [0.717, 1.165) is 36.3 Å². The predicted octanol–water partition coefficient (Wildman–Crippen LogP) is 2.63. The maximum Gasteiger partial charge on any atom is 0.145 e. The number of nitrogens with two attached hydrogens (primary N) is 1. The lowest BCUT2D eigenvalue weighted by Crippen LogP contribution is -2.18. The van der Waals surface area contributed by atoms with Crippen molar-refractivity contribution in [2.24, 2.45) is 15.7 Å². The van der Waals surface area contributed by atoms with Gasteiger partial charge in [0.25, 0.3) is 0 Å². The highest BCUT2D eigenvalue weighted by Gasteiger charge is 2.27. The molecule has 2 N–H and O–H groups in total. The van der Waals surface area contributed by atoms with Gasteiger partial charge in [-0.1, -0.05) is 18.2 Å². The molecule has 0 fully saturated rings. The molecule has 0 bridgehead atoms. The number of hydrogen-bond acceptors (Lipinski definition) is 2. The van der Waals surface area contributed by atoms with Crippen molar-refractivity contribution in [2.75, 3.05) is 7.05 Å². The van der Waals surface area contributed by atoms with Crippen LogP contribution in [-0.4, -0.2) is 24.2 Å². The van der Waals surface area contributed by atoms with Crippen molar-refractivity contribution < 1.29 is 0 Å². The number of aromatic nitrogens is 1. The van der Waals surface area contributed by atoms with Crippen LogP contribution in [0.1, 0.15) is 23.4 Å². The van der Waals surface area contributed by atoms with Gasteiger partial charge >= 0.3 is 0 Å². The summed E-state index contributed by atoms with van der Waals surface area (Å²) >= 11 is 0. The second-order valence-corrected chi connectivity index (χ2v) is 4.91. The van der Waals surface area contributed by atoms with Crippen LogP contribution in [0.15, 0.2) is 40.3 Å². The maximum atomic E-state index is 6.11. The molecule has 0 unspecified atom stereocenters. The fourth-order valence-electron chi connectivity index (χ4n) is 2.99. The lowest BCUT2D eigenvalue weighted by atomic mass is 10.2. The summed E-state index contributed by atoms with van der Waals surface area (Å²) in [4.78, 5) is 8.38. The van der Waals surface area contributed by atoms with E-state index in [9.17, 15) is 0 Å². The van der Waals surface area contributed by atoms with Crippen LogP contribution < -0.4 is 5.73 Å². The molecule has 4 heteroatoms. The smallest absolute Gasteiger partial charge is 0.145 e. The summed E-state index contributed by atoms with van der Waals surface area (Å²) in [5.41, 5.74) is 11.5. The highest BCUT2D eigenvalue weighted by Crippen LogP contribution is 2.38. The Morgan fingerprint density at radius 2 is 2.00 bits per heavy atom. The topological polar surface area (TPSA) is 55.7 Å². The number of aliphatic imine (C=N–C) groups is 2. The molecule has 0 saturated carbocycles. The summed E-state index contributed by atoms with van der Waals surface area (Å²) in [6, 6.07) is 10.2. The van der Waals surface area contributed by atoms with E-state index in [1.807, 2.05) is 18.2 Å². The molecule has 20 heavy (non-hydrogen) atoms. The second kappa shape index (κ2) is 4.96. The minimum Gasteiger partial charge on any atom is -0.382 e. The van der Waals surface area contributed by atoms with E-state index in [1.54, 1.807) is 7.05 Å². The number of fused-ring (bicyclic) bond motifs is 1. The van der Waals surface area contributed by atoms with Crippen molar-refractivity contribution in [3.8, 4) is 5.69 Å². The molecule has 1 aromatic heterocycles. The van der Waals surface area contributed by atoms with Crippen LogP contribution >= 0.6 is 0 Å². The predicted molar refractivity (Wildman–Crippen MR) is 83.7 cm³/mol. The minimum absolute atomic E-state index is 0.505. The number of nitrogens with zero attached hydrogens (tertiary/aromatic N) is 3. The van der Waals surface area contributed by atoms with Gasteiger partial charge in [0.1, 0.15) is 11.5 Å². The summed E-state index contributed by atoms with van der Waals surface area (Å²) in [6.07, 6.45) is 3.24. The Morgan fingerprint density at radius 3 is 2.65 bits per heavy atom. The summed E-state index contributed by atoms with van der Waals surface area (Å²) < 4.78 is 2.19. The van der Waals surface area contributed by atoms with Gasteiger partial charge < -0.3 is 10.3 Å². The van der Waals surface area contributed by atoms with E-state index in [-0.39, 0.29) is 0 Å².